The molecule has 0 bridgehead atoms. The van der Waals surface area contributed by atoms with E-state index in [2.05, 4.69) is 34.2 Å². The van der Waals surface area contributed by atoms with Crippen LogP contribution in [-0.2, 0) is 0 Å². The van der Waals surface area contributed by atoms with Gasteiger partial charge < -0.3 is 0 Å². The van der Waals surface area contributed by atoms with E-state index in [1.165, 1.54) is 11.1 Å². The topological polar surface area (TPSA) is 25.8 Å². The summed E-state index contributed by atoms with van der Waals surface area (Å²) in [5.41, 5.74) is 4.44. The highest BCUT2D eigenvalue weighted by Crippen LogP contribution is 2.24. The van der Waals surface area contributed by atoms with Crippen LogP contribution in [0.5, 0.6) is 0 Å². The highest BCUT2D eigenvalue weighted by Gasteiger charge is 2.02. The van der Waals surface area contributed by atoms with Gasteiger partial charge in [-0.05, 0) is 30.2 Å². The molecule has 0 fully saturated rings. The Bertz CT molecular complexity index is 660. The van der Waals surface area contributed by atoms with E-state index in [4.69, 9.17) is 0 Å². The first-order valence-corrected chi connectivity index (χ1v) is 5.61. The lowest BCUT2D eigenvalue weighted by molar-refractivity contribution is 1.15. The van der Waals surface area contributed by atoms with Gasteiger partial charge >= 0.3 is 0 Å². The van der Waals surface area contributed by atoms with Crippen LogP contribution in [0.2, 0.25) is 0 Å². The van der Waals surface area contributed by atoms with E-state index >= 15 is 0 Å². The Hall–Kier alpha value is -2.22. The van der Waals surface area contributed by atoms with E-state index in [-0.39, 0.29) is 0 Å². The number of rotatable bonds is 1. The summed E-state index contributed by atoms with van der Waals surface area (Å²) in [5, 5.41) is 1.12. The number of aryl methyl sites for hydroxylation is 1. The van der Waals surface area contributed by atoms with Crippen molar-refractivity contribution in [3.8, 4) is 11.1 Å². The zero-order valence-electron chi connectivity index (χ0n) is 9.59. The molecule has 0 saturated carbocycles. The van der Waals surface area contributed by atoms with Crippen LogP contribution in [0.4, 0.5) is 0 Å². The molecule has 2 nitrogen and oxygen atoms in total. The predicted octanol–water partition coefficient (Wildman–Crippen LogP) is 3.61. The van der Waals surface area contributed by atoms with Crippen LogP contribution in [0.3, 0.4) is 0 Å². The number of aromatic nitrogens is 2. The zero-order valence-corrected chi connectivity index (χ0v) is 9.59. The second-order valence-corrected chi connectivity index (χ2v) is 4.06. The molecule has 82 valence electrons. The van der Waals surface area contributed by atoms with Crippen molar-refractivity contribution in [2.75, 3.05) is 0 Å². The fourth-order valence-corrected chi connectivity index (χ4v) is 2.00. The van der Waals surface area contributed by atoms with Crippen LogP contribution in [0.1, 0.15) is 5.69 Å². The molecule has 1 heterocycles. The first-order valence-electron chi connectivity index (χ1n) is 5.61. The maximum Gasteiger partial charge on any atom is 0.116 e. The van der Waals surface area contributed by atoms with Crippen molar-refractivity contribution in [3.05, 3.63) is 60.6 Å². The van der Waals surface area contributed by atoms with Crippen LogP contribution in [0, 0.1) is 6.92 Å². The van der Waals surface area contributed by atoms with Gasteiger partial charge in [0, 0.05) is 11.1 Å². The SMILES string of the molecule is Cc1ncnc2ccc(-c3ccccc3)cc12. The van der Waals surface area contributed by atoms with Crippen LogP contribution < -0.4 is 0 Å². The molecule has 0 spiro atoms. The third-order valence-electron chi connectivity index (χ3n) is 2.94. The first-order chi connectivity index (χ1) is 8.34. The summed E-state index contributed by atoms with van der Waals surface area (Å²) >= 11 is 0. The van der Waals surface area contributed by atoms with Gasteiger partial charge in [0.05, 0.1) is 5.52 Å². The molecule has 2 heteroatoms. The Morgan fingerprint density at radius 1 is 0.824 bits per heavy atom. The lowest BCUT2D eigenvalue weighted by Crippen LogP contribution is -1.87. The maximum absolute atomic E-state index is 4.27. The highest BCUT2D eigenvalue weighted by molar-refractivity contribution is 5.85. The van der Waals surface area contributed by atoms with Gasteiger partial charge in [-0.15, -0.1) is 0 Å². The molecule has 3 aromatic rings. The fourth-order valence-electron chi connectivity index (χ4n) is 2.00. The number of nitrogens with zero attached hydrogens (tertiary/aromatic N) is 2. The number of hydrogen-bond donors (Lipinski definition) is 0. The molecule has 0 aliphatic carbocycles. The van der Waals surface area contributed by atoms with Crippen molar-refractivity contribution >= 4 is 10.9 Å². The van der Waals surface area contributed by atoms with E-state index in [9.17, 15) is 0 Å². The summed E-state index contributed by atoms with van der Waals surface area (Å²) in [5.74, 6) is 0. The van der Waals surface area contributed by atoms with Crippen LogP contribution in [-0.4, -0.2) is 9.97 Å². The van der Waals surface area contributed by atoms with Gasteiger partial charge in [0.2, 0.25) is 0 Å². The molecule has 2 aromatic carbocycles. The Morgan fingerprint density at radius 3 is 2.47 bits per heavy atom. The average Bonchev–Trinajstić information content (AvgIpc) is 2.40. The van der Waals surface area contributed by atoms with Gasteiger partial charge in [0.1, 0.15) is 6.33 Å². The Labute approximate surface area is 100.0 Å². The molecule has 0 N–H and O–H groups in total. The standard InChI is InChI=1S/C15H12N2/c1-11-14-9-13(12-5-3-2-4-6-12)7-8-15(14)17-10-16-11/h2-10H,1H3. The van der Waals surface area contributed by atoms with Gasteiger partial charge in [-0.25, -0.2) is 9.97 Å². The molecule has 0 atom stereocenters. The molecule has 1 aromatic heterocycles. The molecule has 3 rings (SSSR count). The Kier molecular flexibility index (Phi) is 2.33. The molecule has 17 heavy (non-hydrogen) atoms. The van der Waals surface area contributed by atoms with Gasteiger partial charge in [0.15, 0.2) is 0 Å². The molecular formula is C15H12N2. The molecule has 0 radical (unpaired) electrons. The van der Waals surface area contributed by atoms with E-state index in [0.717, 1.165) is 16.6 Å². The van der Waals surface area contributed by atoms with Gasteiger partial charge in [-0.3, -0.25) is 0 Å². The Morgan fingerprint density at radius 2 is 1.65 bits per heavy atom. The second kappa shape index (κ2) is 3.98. The molecule has 0 saturated heterocycles. The van der Waals surface area contributed by atoms with Crippen molar-refractivity contribution in [2.45, 2.75) is 6.92 Å². The third kappa shape index (κ3) is 1.78. The molecule has 0 aliphatic rings. The van der Waals surface area contributed by atoms with Crippen LogP contribution >= 0.6 is 0 Å². The minimum absolute atomic E-state index is 0.997. The summed E-state index contributed by atoms with van der Waals surface area (Å²) < 4.78 is 0. The van der Waals surface area contributed by atoms with Crippen molar-refractivity contribution in [3.63, 3.8) is 0 Å². The first kappa shape index (κ1) is 9.97. The van der Waals surface area contributed by atoms with Crippen LogP contribution in [0.25, 0.3) is 22.0 Å². The smallest absolute Gasteiger partial charge is 0.116 e. The third-order valence-corrected chi connectivity index (χ3v) is 2.94. The van der Waals surface area contributed by atoms with E-state index in [0.29, 0.717) is 0 Å². The van der Waals surface area contributed by atoms with Gasteiger partial charge in [0.25, 0.3) is 0 Å². The predicted molar refractivity (Wildman–Crippen MR) is 69.7 cm³/mol. The van der Waals surface area contributed by atoms with E-state index in [1.54, 1.807) is 6.33 Å². The molecule has 0 amide bonds. The average molecular weight is 220 g/mol. The summed E-state index contributed by atoms with van der Waals surface area (Å²) in [6, 6.07) is 16.7. The lowest BCUT2D eigenvalue weighted by atomic mass is 10.0. The van der Waals surface area contributed by atoms with Crippen LogP contribution in [0.15, 0.2) is 54.9 Å². The number of hydrogen-bond acceptors (Lipinski definition) is 2. The zero-order chi connectivity index (χ0) is 11.7. The largest absolute Gasteiger partial charge is 0.241 e. The van der Waals surface area contributed by atoms with E-state index in [1.807, 2.05) is 31.2 Å². The van der Waals surface area contributed by atoms with Crippen molar-refractivity contribution in [2.24, 2.45) is 0 Å². The van der Waals surface area contributed by atoms with E-state index < -0.39 is 0 Å². The fraction of sp³-hybridized carbons (Fsp3) is 0.0667. The molecule has 0 aliphatic heterocycles. The normalized spacial score (nSPS) is 10.6. The lowest BCUT2D eigenvalue weighted by Gasteiger charge is -2.04. The summed E-state index contributed by atoms with van der Waals surface area (Å²) in [7, 11) is 0. The van der Waals surface area contributed by atoms with Gasteiger partial charge in [-0.1, -0.05) is 36.4 Å². The summed E-state index contributed by atoms with van der Waals surface area (Å²) in [6.45, 7) is 2.01. The molecular weight excluding hydrogens is 208 g/mol. The quantitative estimate of drug-likeness (QED) is 0.626. The van der Waals surface area contributed by atoms with Gasteiger partial charge in [-0.2, -0.15) is 0 Å². The van der Waals surface area contributed by atoms with Crippen molar-refractivity contribution in [1.29, 1.82) is 0 Å². The van der Waals surface area contributed by atoms with Crippen molar-refractivity contribution in [1.82, 2.24) is 9.97 Å². The number of benzene rings is 2. The Balaban J connectivity index is 2.23. The minimum atomic E-state index is 0.997. The highest BCUT2D eigenvalue weighted by atomic mass is 14.8. The summed E-state index contributed by atoms with van der Waals surface area (Å²) in [6.07, 6.45) is 1.61. The second-order valence-electron chi connectivity index (χ2n) is 4.06. The number of fused-ring (bicyclic) bond motifs is 1. The molecule has 0 unspecified atom stereocenters. The summed E-state index contributed by atoms with van der Waals surface area (Å²) in [4.78, 5) is 8.50. The maximum atomic E-state index is 4.27. The minimum Gasteiger partial charge on any atom is -0.241 e. The monoisotopic (exact) mass is 220 g/mol. The van der Waals surface area contributed by atoms with Crippen molar-refractivity contribution < 1.29 is 0 Å².